The van der Waals surface area contributed by atoms with Gasteiger partial charge in [-0.3, -0.25) is 14.4 Å². The van der Waals surface area contributed by atoms with Crippen molar-refractivity contribution in [2.45, 2.75) is 33.1 Å². The van der Waals surface area contributed by atoms with E-state index in [4.69, 9.17) is 61.0 Å². The van der Waals surface area contributed by atoms with Gasteiger partial charge in [0.05, 0.1) is 10.0 Å². The molecule has 2 aromatic carbocycles. The van der Waals surface area contributed by atoms with Crippen molar-refractivity contribution in [2.24, 2.45) is 11.8 Å². The third-order valence-corrected chi connectivity index (χ3v) is 7.35. The van der Waals surface area contributed by atoms with Crippen molar-refractivity contribution >= 4 is 70.4 Å². The first-order valence-corrected chi connectivity index (χ1v) is 12.6. The molecule has 0 fully saturated rings. The highest BCUT2D eigenvalue weighted by molar-refractivity contribution is 6.45. The van der Waals surface area contributed by atoms with Crippen molar-refractivity contribution in [3.05, 3.63) is 55.5 Å². The highest BCUT2D eigenvalue weighted by atomic mass is 35.5. The Morgan fingerprint density at radius 3 is 1.68 bits per heavy atom. The zero-order valence-electron chi connectivity index (χ0n) is 19.9. The number of hydrogen-bond donors (Lipinski definition) is 1. The Bertz CT molecular complexity index is 1170. The predicted molar refractivity (Wildman–Crippen MR) is 140 cm³/mol. The molecule has 2 atom stereocenters. The Hall–Kier alpha value is -2.52. The van der Waals surface area contributed by atoms with Crippen LogP contribution < -0.4 is 9.47 Å². The molecule has 0 aliphatic rings. The van der Waals surface area contributed by atoms with E-state index in [1.54, 1.807) is 0 Å². The molecule has 0 saturated heterocycles. The number of hydrogen-bond acceptors (Lipinski definition) is 7. The molecule has 0 heterocycles. The first-order chi connectivity index (χ1) is 17.6. The number of ether oxygens (including phenoxy) is 3. The molecule has 200 valence electrons. The summed E-state index contributed by atoms with van der Waals surface area (Å²) in [6.07, 6.45) is 1.07. The largest absolute Gasteiger partial charge is 0.480 e. The molecule has 0 bridgehead atoms. The number of halogens is 4. The maximum absolute atomic E-state index is 13.3. The monoisotopic (exact) mass is 592 g/mol. The standard InChI is InChI=1S/C25H24Cl4O8/c1-3-13(24(33)15-5-7-17(22(28)20(15)26)36-10-19(31)32)9-14(4-2)25(34)16-6-8-18(23(29)21(16)27)37-12-35-11-30/h5-8,11,13-14H,3-4,9-10,12H2,1-2H3,(H,31,32). The molecule has 37 heavy (non-hydrogen) atoms. The van der Waals surface area contributed by atoms with Crippen molar-refractivity contribution in [1.82, 2.24) is 0 Å². The predicted octanol–water partition coefficient (Wildman–Crippen LogP) is 6.78. The Morgan fingerprint density at radius 1 is 0.811 bits per heavy atom. The SMILES string of the molecule is CCC(CC(CC)C(=O)c1ccc(OCC(=O)O)c(Cl)c1Cl)C(=O)c1ccc(OCOC=O)c(Cl)c1Cl. The van der Waals surface area contributed by atoms with Crippen LogP contribution in [0.4, 0.5) is 0 Å². The summed E-state index contributed by atoms with van der Waals surface area (Å²) in [4.78, 5) is 47.7. The first-order valence-electron chi connectivity index (χ1n) is 11.1. The van der Waals surface area contributed by atoms with Crippen molar-refractivity contribution < 1.29 is 38.5 Å². The van der Waals surface area contributed by atoms with Gasteiger partial charge in [-0.2, -0.15) is 0 Å². The number of ketones is 2. The molecule has 0 spiro atoms. The number of rotatable bonds is 15. The summed E-state index contributed by atoms with van der Waals surface area (Å²) in [6, 6.07) is 5.71. The lowest BCUT2D eigenvalue weighted by Gasteiger charge is -2.22. The number of Topliss-reactive ketones (excluding diaryl/α,β-unsaturated/α-hetero) is 2. The van der Waals surface area contributed by atoms with Gasteiger partial charge in [-0.05, 0) is 43.5 Å². The molecule has 0 aromatic heterocycles. The van der Waals surface area contributed by atoms with Gasteiger partial charge in [0.2, 0.25) is 6.79 Å². The van der Waals surface area contributed by atoms with E-state index in [0.29, 0.717) is 12.8 Å². The maximum atomic E-state index is 13.3. The lowest BCUT2D eigenvalue weighted by molar-refractivity contribution is -0.139. The van der Waals surface area contributed by atoms with Gasteiger partial charge in [-0.1, -0.05) is 60.3 Å². The van der Waals surface area contributed by atoms with Gasteiger partial charge in [0.1, 0.15) is 21.5 Å². The molecule has 2 rings (SSSR count). The molecule has 1 N–H and O–H groups in total. The topological polar surface area (TPSA) is 116 Å². The van der Waals surface area contributed by atoms with E-state index in [-0.39, 0.29) is 74.0 Å². The number of carboxylic acids is 1. The van der Waals surface area contributed by atoms with Crippen LogP contribution in [0.1, 0.15) is 53.8 Å². The number of aliphatic carboxylic acids is 1. The Labute approximate surface area is 233 Å². The van der Waals surface area contributed by atoms with Gasteiger partial charge in [0, 0.05) is 23.0 Å². The second kappa shape index (κ2) is 14.4. The van der Waals surface area contributed by atoms with Crippen LogP contribution in [0.2, 0.25) is 20.1 Å². The minimum absolute atomic E-state index is 0.00776. The maximum Gasteiger partial charge on any atom is 0.341 e. The van der Waals surface area contributed by atoms with Crippen LogP contribution in [0.5, 0.6) is 11.5 Å². The van der Waals surface area contributed by atoms with Crippen LogP contribution in [0.3, 0.4) is 0 Å². The van der Waals surface area contributed by atoms with E-state index in [2.05, 4.69) is 4.74 Å². The van der Waals surface area contributed by atoms with Crippen LogP contribution in [-0.4, -0.2) is 42.5 Å². The third kappa shape index (κ3) is 7.74. The average molecular weight is 594 g/mol. The van der Waals surface area contributed by atoms with Crippen LogP contribution in [0.15, 0.2) is 24.3 Å². The van der Waals surface area contributed by atoms with Crippen molar-refractivity contribution in [3.8, 4) is 11.5 Å². The molecular weight excluding hydrogens is 570 g/mol. The highest BCUT2D eigenvalue weighted by Gasteiger charge is 2.30. The molecule has 0 amide bonds. The first kappa shape index (κ1) is 30.7. The lowest BCUT2D eigenvalue weighted by atomic mass is 9.82. The van der Waals surface area contributed by atoms with Crippen molar-refractivity contribution in [2.75, 3.05) is 13.4 Å². The fourth-order valence-corrected chi connectivity index (χ4v) is 4.57. The Morgan fingerprint density at radius 2 is 1.27 bits per heavy atom. The second-order valence-corrected chi connectivity index (χ2v) is 9.37. The zero-order valence-corrected chi connectivity index (χ0v) is 22.9. The average Bonchev–Trinajstić information content (AvgIpc) is 2.87. The minimum Gasteiger partial charge on any atom is -0.480 e. The van der Waals surface area contributed by atoms with Crippen LogP contribution >= 0.6 is 46.4 Å². The highest BCUT2D eigenvalue weighted by Crippen LogP contribution is 2.39. The normalized spacial score (nSPS) is 12.4. The van der Waals surface area contributed by atoms with E-state index in [0.717, 1.165) is 0 Å². The van der Waals surface area contributed by atoms with E-state index >= 15 is 0 Å². The second-order valence-electron chi connectivity index (χ2n) is 7.86. The fourth-order valence-electron chi connectivity index (χ4n) is 3.63. The Balaban J connectivity index is 2.25. The van der Waals surface area contributed by atoms with Crippen LogP contribution in [0.25, 0.3) is 0 Å². The number of benzene rings is 2. The molecular formula is C25H24Cl4O8. The molecule has 0 aliphatic carbocycles. The number of carbonyl (C=O) groups is 4. The molecule has 8 nitrogen and oxygen atoms in total. The molecule has 0 saturated carbocycles. The summed E-state index contributed by atoms with van der Waals surface area (Å²) >= 11 is 25.1. The quantitative estimate of drug-likeness (QED) is 0.104. The molecule has 12 heteroatoms. The molecule has 0 aliphatic heterocycles. The van der Waals surface area contributed by atoms with Gasteiger partial charge >= 0.3 is 5.97 Å². The van der Waals surface area contributed by atoms with Gasteiger partial charge in [-0.25, -0.2) is 4.79 Å². The molecule has 0 radical (unpaired) electrons. The van der Waals surface area contributed by atoms with Crippen LogP contribution in [0, 0.1) is 11.8 Å². The fraction of sp³-hybridized carbons (Fsp3) is 0.360. The van der Waals surface area contributed by atoms with Gasteiger partial charge < -0.3 is 19.3 Å². The van der Waals surface area contributed by atoms with Gasteiger partial charge in [0.25, 0.3) is 6.47 Å². The van der Waals surface area contributed by atoms with E-state index in [9.17, 15) is 19.2 Å². The third-order valence-electron chi connectivity index (χ3n) is 5.62. The summed E-state index contributed by atoms with van der Waals surface area (Å²) in [5, 5.41) is 8.63. The Kier molecular flexibility index (Phi) is 12.0. The van der Waals surface area contributed by atoms with E-state index in [1.165, 1.54) is 24.3 Å². The van der Waals surface area contributed by atoms with Crippen LogP contribution in [-0.2, 0) is 14.3 Å². The van der Waals surface area contributed by atoms with Gasteiger partial charge in [0.15, 0.2) is 18.2 Å². The smallest absolute Gasteiger partial charge is 0.341 e. The summed E-state index contributed by atoms with van der Waals surface area (Å²) in [5.74, 6) is -2.74. The zero-order chi connectivity index (χ0) is 27.7. The minimum atomic E-state index is -1.19. The summed E-state index contributed by atoms with van der Waals surface area (Å²) < 4.78 is 14.8. The summed E-state index contributed by atoms with van der Waals surface area (Å²) in [7, 11) is 0. The van der Waals surface area contributed by atoms with E-state index in [1.807, 2.05) is 13.8 Å². The lowest BCUT2D eigenvalue weighted by Crippen LogP contribution is -2.23. The van der Waals surface area contributed by atoms with Gasteiger partial charge in [-0.15, -0.1) is 0 Å². The number of carboxylic acid groups (broad SMARTS) is 1. The van der Waals surface area contributed by atoms with E-state index < -0.39 is 24.4 Å². The molecule has 2 unspecified atom stereocenters. The van der Waals surface area contributed by atoms with Crippen molar-refractivity contribution in [1.29, 1.82) is 0 Å². The molecule has 2 aromatic rings. The summed E-state index contributed by atoms with van der Waals surface area (Å²) in [6.45, 7) is 2.86. The van der Waals surface area contributed by atoms with Crippen molar-refractivity contribution in [3.63, 3.8) is 0 Å². The summed E-state index contributed by atoms with van der Waals surface area (Å²) in [5.41, 5.74) is 0.314. The number of carbonyl (C=O) groups excluding carboxylic acids is 3.